The van der Waals surface area contributed by atoms with Crippen LogP contribution in [-0.2, 0) is 9.53 Å². The van der Waals surface area contributed by atoms with Gasteiger partial charge in [-0.2, -0.15) is 5.10 Å². The number of hydrogen-bond donors (Lipinski definition) is 0. The SMILES string of the molecule is COCCN(CC(=O)N1N=C(c2ccc(F)cc2)C[C@@H]1c1ccco1)C(=O)c1ccco1. The second kappa shape index (κ2) is 9.61. The zero-order valence-corrected chi connectivity index (χ0v) is 17.4. The van der Waals surface area contributed by atoms with Gasteiger partial charge in [-0.1, -0.05) is 12.1 Å². The first kappa shape index (κ1) is 21.5. The van der Waals surface area contributed by atoms with Crippen molar-refractivity contribution in [3.63, 3.8) is 0 Å². The number of nitrogens with zero attached hydrogens (tertiary/aromatic N) is 3. The Balaban J connectivity index is 1.58. The number of hydrazone groups is 1. The number of amides is 2. The standard InChI is InChI=1S/C23H22FN3O5/c1-30-13-10-26(23(29)21-5-3-12-32-21)15-22(28)27-19(20-4-2-11-31-20)14-18(25-27)16-6-8-17(24)9-7-16/h2-9,11-12,19H,10,13-15H2,1H3/t19-/m1/s1. The van der Waals surface area contributed by atoms with E-state index in [1.54, 1.807) is 36.4 Å². The van der Waals surface area contributed by atoms with Gasteiger partial charge in [0.25, 0.3) is 11.8 Å². The highest BCUT2D eigenvalue weighted by molar-refractivity contribution is 6.03. The Morgan fingerprint density at radius 3 is 2.56 bits per heavy atom. The van der Waals surface area contributed by atoms with Gasteiger partial charge in [-0.3, -0.25) is 9.59 Å². The summed E-state index contributed by atoms with van der Waals surface area (Å²) in [6.07, 6.45) is 3.32. The first-order chi connectivity index (χ1) is 15.6. The molecule has 2 amide bonds. The van der Waals surface area contributed by atoms with Crippen molar-refractivity contribution in [3.05, 3.63) is 84.0 Å². The number of carbonyl (C=O) groups excluding carboxylic acids is 2. The van der Waals surface area contributed by atoms with Crippen molar-refractivity contribution in [1.29, 1.82) is 0 Å². The van der Waals surface area contributed by atoms with Crippen LogP contribution >= 0.6 is 0 Å². The molecule has 1 aliphatic rings. The quantitative estimate of drug-likeness (QED) is 0.536. The van der Waals surface area contributed by atoms with E-state index in [2.05, 4.69) is 5.10 Å². The summed E-state index contributed by atoms with van der Waals surface area (Å²) in [4.78, 5) is 27.4. The molecular formula is C23H22FN3O5. The molecule has 4 rings (SSSR count). The van der Waals surface area contributed by atoms with Crippen LogP contribution in [-0.4, -0.2) is 54.2 Å². The molecule has 2 aromatic heterocycles. The summed E-state index contributed by atoms with van der Waals surface area (Å²) in [6, 6.07) is 12.1. The highest BCUT2D eigenvalue weighted by atomic mass is 19.1. The maximum Gasteiger partial charge on any atom is 0.290 e. The van der Waals surface area contributed by atoms with Crippen molar-refractivity contribution >= 4 is 17.5 Å². The maximum absolute atomic E-state index is 13.3. The average molecular weight is 439 g/mol. The van der Waals surface area contributed by atoms with Crippen LogP contribution in [0.2, 0.25) is 0 Å². The summed E-state index contributed by atoms with van der Waals surface area (Å²) in [6.45, 7) is 0.237. The van der Waals surface area contributed by atoms with E-state index in [9.17, 15) is 14.0 Å². The van der Waals surface area contributed by atoms with Gasteiger partial charge in [-0.15, -0.1) is 0 Å². The third kappa shape index (κ3) is 4.62. The van der Waals surface area contributed by atoms with Gasteiger partial charge in [-0.05, 0) is 42.0 Å². The molecule has 3 aromatic rings. The van der Waals surface area contributed by atoms with Crippen molar-refractivity contribution < 1.29 is 27.6 Å². The fourth-order valence-electron chi connectivity index (χ4n) is 3.51. The normalized spacial score (nSPS) is 15.6. The van der Waals surface area contributed by atoms with E-state index in [1.807, 2.05) is 0 Å². The van der Waals surface area contributed by atoms with Crippen LogP contribution in [0.1, 0.15) is 34.3 Å². The topological polar surface area (TPSA) is 88.5 Å². The number of benzene rings is 1. The number of rotatable bonds is 8. The van der Waals surface area contributed by atoms with E-state index in [4.69, 9.17) is 13.6 Å². The molecule has 1 aliphatic heterocycles. The van der Waals surface area contributed by atoms with Gasteiger partial charge in [0.2, 0.25) is 0 Å². The Hall–Kier alpha value is -3.72. The summed E-state index contributed by atoms with van der Waals surface area (Å²) in [5.41, 5.74) is 1.33. The van der Waals surface area contributed by atoms with E-state index in [-0.39, 0.29) is 37.2 Å². The minimum absolute atomic E-state index is 0.133. The van der Waals surface area contributed by atoms with Crippen molar-refractivity contribution in [2.24, 2.45) is 5.10 Å². The molecule has 0 spiro atoms. The average Bonchev–Trinajstić information content (AvgIpc) is 3.57. The molecule has 8 nitrogen and oxygen atoms in total. The Morgan fingerprint density at radius 1 is 1.16 bits per heavy atom. The Kier molecular flexibility index (Phi) is 6.46. The molecule has 32 heavy (non-hydrogen) atoms. The van der Waals surface area contributed by atoms with Crippen LogP contribution in [0.25, 0.3) is 0 Å². The second-order valence-electron chi connectivity index (χ2n) is 7.22. The highest BCUT2D eigenvalue weighted by Gasteiger charge is 2.36. The Morgan fingerprint density at radius 2 is 1.91 bits per heavy atom. The molecule has 0 unspecified atom stereocenters. The number of hydrogen-bond acceptors (Lipinski definition) is 6. The van der Waals surface area contributed by atoms with Crippen LogP contribution in [0, 0.1) is 5.82 Å². The molecule has 1 atom stereocenters. The van der Waals surface area contributed by atoms with Gasteiger partial charge in [0.1, 0.15) is 24.2 Å². The summed E-state index contributed by atoms with van der Waals surface area (Å²) in [7, 11) is 1.52. The minimum atomic E-state index is -0.472. The lowest BCUT2D eigenvalue weighted by Crippen LogP contribution is -2.42. The van der Waals surface area contributed by atoms with Gasteiger partial charge in [-0.25, -0.2) is 9.40 Å². The Labute approximate surface area is 183 Å². The fraction of sp³-hybridized carbons (Fsp3) is 0.261. The van der Waals surface area contributed by atoms with Crippen molar-refractivity contribution in [3.8, 4) is 0 Å². The summed E-state index contributed by atoms with van der Waals surface area (Å²) >= 11 is 0. The van der Waals surface area contributed by atoms with Gasteiger partial charge in [0.15, 0.2) is 5.76 Å². The molecule has 0 N–H and O–H groups in total. The van der Waals surface area contributed by atoms with E-state index in [0.29, 0.717) is 23.5 Å². The zero-order chi connectivity index (χ0) is 22.5. The van der Waals surface area contributed by atoms with Crippen molar-refractivity contribution in [2.75, 3.05) is 26.8 Å². The molecule has 0 saturated carbocycles. The summed E-state index contributed by atoms with van der Waals surface area (Å²) < 4.78 is 29.2. The highest BCUT2D eigenvalue weighted by Crippen LogP contribution is 2.33. The molecule has 0 aliphatic carbocycles. The lowest BCUT2D eigenvalue weighted by Gasteiger charge is -2.25. The van der Waals surface area contributed by atoms with E-state index in [1.165, 1.54) is 41.7 Å². The van der Waals surface area contributed by atoms with Gasteiger partial charge in [0.05, 0.1) is 24.8 Å². The summed E-state index contributed by atoms with van der Waals surface area (Å²) in [5.74, 6) is -0.460. The molecule has 1 aromatic carbocycles. The largest absolute Gasteiger partial charge is 0.467 e. The number of halogens is 1. The monoisotopic (exact) mass is 439 g/mol. The number of ether oxygens (including phenoxy) is 1. The van der Waals surface area contributed by atoms with Crippen LogP contribution in [0.15, 0.2) is 75.0 Å². The van der Waals surface area contributed by atoms with E-state index >= 15 is 0 Å². The van der Waals surface area contributed by atoms with Gasteiger partial charge < -0.3 is 18.5 Å². The lowest BCUT2D eigenvalue weighted by molar-refractivity contribution is -0.134. The predicted molar refractivity (Wildman–Crippen MR) is 112 cm³/mol. The lowest BCUT2D eigenvalue weighted by atomic mass is 10.0. The van der Waals surface area contributed by atoms with Crippen LogP contribution in [0.5, 0.6) is 0 Å². The number of carbonyl (C=O) groups is 2. The number of methoxy groups -OCH3 is 1. The first-order valence-electron chi connectivity index (χ1n) is 10.1. The van der Waals surface area contributed by atoms with Crippen molar-refractivity contribution in [1.82, 2.24) is 9.91 Å². The molecule has 0 bridgehead atoms. The minimum Gasteiger partial charge on any atom is -0.467 e. The zero-order valence-electron chi connectivity index (χ0n) is 17.4. The van der Waals surface area contributed by atoms with Gasteiger partial charge in [0, 0.05) is 20.1 Å². The van der Waals surface area contributed by atoms with Gasteiger partial charge >= 0.3 is 0 Å². The third-order valence-electron chi connectivity index (χ3n) is 5.13. The number of furan rings is 2. The smallest absolute Gasteiger partial charge is 0.290 e. The molecule has 3 heterocycles. The second-order valence-corrected chi connectivity index (χ2v) is 7.22. The molecule has 9 heteroatoms. The maximum atomic E-state index is 13.3. The van der Waals surface area contributed by atoms with Crippen molar-refractivity contribution in [2.45, 2.75) is 12.5 Å². The Bertz CT molecular complexity index is 1080. The third-order valence-corrected chi connectivity index (χ3v) is 5.13. The molecule has 0 fully saturated rings. The van der Waals surface area contributed by atoms with E-state index < -0.39 is 11.9 Å². The summed E-state index contributed by atoms with van der Waals surface area (Å²) in [5, 5.41) is 5.83. The van der Waals surface area contributed by atoms with Crippen LogP contribution in [0.3, 0.4) is 0 Å². The van der Waals surface area contributed by atoms with Crippen LogP contribution in [0.4, 0.5) is 4.39 Å². The molecule has 0 radical (unpaired) electrons. The fourth-order valence-corrected chi connectivity index (χ4v) is 3.51. The first-order valence-corrected chi connectivity index (χ1v) is 10.1. The van der Waals surface area contributed by atoms with E-state index in [0.717, 1.165) is 0 Å². The molecule has 0 saturated heterocycles. The van der Waals surface area contributed by atoms with Crippen LogP contribution < -0.4 is 0 Å². The predicted octanol–water partition coefficient (Wildman–Crippen LogP) is 3.48. The molecule has 166 valence electrons. The molecular weight excluding hydrogens is 417 g/mol.